The fraction of sp³-hybridized carbons (Fsp3) is 0.174. The lowest BCUT2D eigenvalue weighted by Gasteiger charge is -2.19. The average Bonchev–Trinajstić information content (AvgIpc) is 3.18. The smallest absolute Gasteiger partial charge is 0.261 e. The Hall–Kier alpha value is -3.47. The van der Waals surface area contributed by atoms with E-state index in [0.29, 0.717) is 11.4 Å². The maximum atomic E-state index is 13.3. The molecule has 0 aliphatic carbocycles. The SMILES string of the molecule is CC(C)c1c(C(=O)N(C)c2ccc3ccccc3c2)cnn1-c1ccccn1. The molecule has 5 nitrogen and oxygen atoms in total. The zero-order valence-corrected chi connectivity index (χ0v) is 16.2. The van der Waals surface area contributed by atoms with Gasteiger partial charge in [-0.15, -0.1) is 0 Å². The molecule has 0 atom stereocenters. The highest BCUT2D eigenvalue weighted by molar-refractivity contribution is 6.07. The van der Waals surface area contributed by atoms with Gasteiger partial charge in [-0.2, -0.15) is 5.10 Å². The molecule has 4 rings (SSSR count). The van der Waals surface area contributed by atoms with Crippen molar-refractivity contribution in [2.24, 2.45) is 0 Å². The van der Waals surface area contributed by atoms with Gasteiger partial charge < -0.3 is 4.90 Å². The molecule has 0 saturated carbocycles. The van der Waals surface area contributed by atoms with Crippen molar-refractivity contribution in [1.82, 2.24) is 14.8 Å². The second kappa shape index (κ2) is 7.27. The van der Waals surface area contributed by atoms with E-state index in [1.165, 1.54) is 0 Å². The van der Waals surface area contributed by atoms with Crippen LogP contribution in [0.2, 0.25) is 0 Å². The molecule has 0 saturated heterocycles. The van der Waals surface area contributed by atoms with Crippen molar-refractivity contribution in [1.29, 1.82) is 0 Å². The van der Waals surface area contributed by atoms with Gasteiger partial charge in [0, 0.05) is 18.9 Å². The molecule has 0 aliphatic rings. The van der Waals surface area contributed by atoms with Gasteiger partial charge in [0.15, 0.2) is 5.82 Å². The minimum absolute atomic E-state index is 0.0823. The Bertz CT molecular complexity index is 1130. The van der Waals surface area contributed by atoms with Crippen LogP contribution in [0.4, 0.5) is 5.69 Å². The van der Waals surface area contributed by atoms with Gasteiger partial charge in [0.05, 0.1) is 17.5 Å². The summed E-state index contributed by atoms with van der Waals surface area (Å²) in [5.41, 5.74) is 2.30. The quantitative estimate of drug-likeness (QED) is 0.517. The Morgan fingerprint density at radius 3 is 2.46 bits per heavy atom. The van der Waals surface area contributed by atoms with Crippen molar-refractivity contribution >= 4 is 22.4 Å². The third kappa shape index (κ3) is 3.16. The lowest BCUT2D eigenvalue weighted by atomic mass is 10.0. The number of benzene rings is 2. The number of aromatic nitrogens is 3. The van der Waals surface area contributed by atoms with E-state index in [-0.39, 0.29) is 11.8 Å². The first-order valence-electron chi connectivity index (χ1n) is 9.32. The van der Waals surface area contributed by atoms with Gasteiger partial charge in [-0.3, -0.25) is 4.79 Å². The number of rotatable bonds is 4. The lowest BCUT2D eigenvalue weighted by Crippen LogP contribution is -2.27. The average molecular weight is 370 g/mol. The summed E-state index contributed by atoms with van der Waals surface area (Å²) in [5.74, 6) is 0.744. The number of amides is 1. The molecule has 140 valence electrons. The third-order valence-electron chi connectivity index (χ3n) is 4.87. The molecule has 0 spiro atoms. The minimum Gasteiger partial charge on any atom is -0.311 e. The van der Waals surface area contributed by atoms with Crippen molar-refractivity contribution in [3.63, 3.8) is 0 Å². The van der Waals surface area contributed by atoms with Crippen LogP contribution in [-0.4, -0.2) is 27.7 Å². The molecule has 2 heterocycles. The summed E-state index contributed by atoms with van der Waals surface area (Å²) in [6, 6.07) is 19.8. The molecule has 0 unspecified atom stereocenters. The largest absolute Gasteiger partial charge is 0.311 e. The summed E-state index contributed by atoms with van der Waals surface area (Å²) in [4.78, 5) is 19.4. The van der Waals surface area contributed by atoms with E-state index < -0.39 is 0 Å². The van der Waals surface area contributed by atoms with Crippen LogP contribution >= 0.6 is 0 Å². The van der Waals surface area contributed by atoms with Gasteiger partial charge in [-0.25, -0.2) is 9.67 Å². The standard InChI is InChI=1S/C23H22N4O/c1-16(2)22-20(15-25-27(22)21-10-6-7-13-24-21)23(28)26(3)19-12-11-17-8-4-5-9-18(17)14-19/h4-16H,1-3H3. The van der Waals surface area contributed by atoms with Crippen LogP contribution in [0.5, 0.6) is 0 Å². The highest BCUT2D eigenvalue weighted by Gasteiger charge is 2.24. The Morgan fingerprint density at radius 2 is 1.75 bits per heavy atom. The molecule has 4 aromatic rings. The molecule has 0 fully saturated rings. The van der Waals surface area contributed by atoms with Crippen molar-refractivity contribution < 1.29 is 4.79 Å². The highest BCUT2D eigenvalue weighted by atomic mass is 16.2. The highest BCUT2D eigenvalue weighted by Crippen LogP contribution is 2.26. The first-order chi connectivity index (χ1) is 13.6. The summed E-state index contributed by atoms with van der Waals surface area (Å²) in [6.45, 7) is 4.12. The minimum atomic E-state index is -0.0823. The van der Waals surface area contributed by atoms with Crippen LogP contribution in [0.1, 0.15) is 35.8 Å². The zero-order valence-electron chi connectivity index (χ0n) is 16.2. The third-order valence-corrected chi connectivity index (χ3v) is 4.87. The molecule has 28 heavy (non-hydrogen) atoms. The van der Waals surface area contributed by atoms with Gasteiger partial charge in [-0.1, -0.05) is 50.2 Å². The molecule has 2 aromatic carbocycles. The Kier molecular flexibility index (Phi) is 4.65. The topological polar surface area (TPSA) is 51.0 Å². The maximum absolute atomic E-state index is 13.3. The zero-order chi connectivity index (χ0) is 19.7. The number of hydrogen-bond donors (Lipinski definition) is 0. The van der Waals surface area contributed by atoms with Crippen LogP contribution in [0, 0.1) is 0 Å². The van der Waals surface area contributed by atoms with E-state index in [1.807, 2.05) is 48.5 Å². The van der Waals surface area contributed by atoms with Gasteiger partial charge in [0.25, 0.3) is 5.91 Å². The van der Waals surface area contributed by atoms with Crippen molar-refractivity contribution in [2.45, 2.75) is 19.8 Å². The summed E-state index contributed by atoms with van der Waals surface area (Å²) >= 11 is 0. The first kappa shape index (κ1) is 17.9. The van der Waals surface area contributed by atoms with E-state index in [4.69, 9.17) is 0 Å². The normalized spacial score (nSPS) is 11.1. The molecule has 0 bridgehead atoms. The fourth-order valence-corrected chi connectivity index (χ4v) is 3.42. The molecule has 0 aliphatic heterocycles. The van der Waals surface area contributed by atoms with Gasteiger partial charge >= 0.3 is 0 Å². The van der Waals surface area contributed by atoms with Crippen molar-refractivity contribution in [3.8, 4) is 5.82 Å². The van der Waals surface area contributed by atoms with E-state index in [0.717, 1.165) is 22.2 Å². The van der Waals surface area contributed by atoms with Crippen molar-refractivity contribution in [3.05, 3.63) is 84.3 Å². The number of hydrogen-bond acceptors (Lipinski definition) is 3. The van der Waals surface area contributed by atoms with Crippen LogP contribution in [0.15, 0.2) is 73.1 Å². The molecule has 0 radical (unpaired) electrons. The van der Waals surface area contributed by atoms with Crippen LogP contribution in [-0.2, 0) is 0 Å². The lowest BCUT2D eigenvalue weighted by molar-refractivity contribution is 0.0991. The fourth-order valence-electron chi connectivity index (χ4n) is 3.42. The monoisotopic (exact) mass is 370 g/mol. The first-order valence-corrected chi connectivity index (χ1v) is 9.32. The van der Waals surface area contributed by atoms with Crippen molar-refractivity contribution in [2.75, 3.05) is 11.9 Å². The summed E-state index contributed by atoms with van der Waals surface area (Å²) in [7, 11) is 1.80. The molecule has 1 amide bonds. The molecular weight excluding hydrogens is 348 g/mol. The number of fused-ring (bicyclic) bond motifs is 1. The summed E-state index contributed by atoms with van der Waals surface area (Å²) in [6.07, 6.45) is 3.37. The predicted octanol–water partition coefficient (Wildman–Crippen LogP) is 4.82. The Balaban J connectivity index is 1.73. The second-order valence-corrected chi connectivity index (χ2v) is 7.09. The molecule has 0 N–H and O–H groups in total. The second-order valence-electron chi connectivity index (χ2n) is 7.09. The van der Waals surface area contributed by atoms with E-state index in [2.05, 4.69) is 36.1 Å². The van der Waals surface area contributed by atoms with Gasteiger partial charge in [-0.05, 0) is 41.0 Å². The van der Waals surface area contributed by atoms with Crippen LogP contribution in [0.3, 0.4) is 0 Å². The Labute approximate surface area is 164 Å². The number of anilines is 1. The predicted molar refractivity (Wildman–Crippen MR) is 112 cm³/mol. The number of carbonyl (C=O) groups is 1. The van der Waals surface area contributed by atoms with Gasteiger partial charge in [0.2, 0.25) is 0 Å². The number of nitrogens with zero attached hydrogens (tertiary/aromatic N) is 4. The summed E-state index contributed by atoms with van der Waals surface area (Å²) < 4.78 is 1.76. The van der Waals surface area contributed by atoms with Gasteiger partial charge in [0.1, 0.15) is 0 Å². The molecule has 2 aromatic heterocycles. The van der Waals surface area contributed by atoms with E-state index >= 15 is 0 Å². The van der Waals surface area contributed by atoms with E-state index in [1.54, 1.807) is 29.0 Å². The molecular formula is C23H22N4O. The van der Waals surface area contributed by atoms with E-state index in [9.17, 15) is 4.79 Å². The Morgan fingerprint density at radius 1 is 1.00 bits per heavy atom. The van der Waals surface area contributed by atoms with Crippen LogP contribution in [0.25, 0.3) is 16.6 Å². The van der Waals surface area contributed by atoms with Crippen LogP contribution < -0.4 is 4.90 Å². The molecule has 5 heteroatoms. The summed E-state index contributed by atoms with van der Waals surface area (Å²) in [5, 5.41) is 6.72. The maximum Gasteiger partial charge on any atom is 0.261 e. The number of pyridine rings is 1. The number of carbonyl (C=O) groups excluding carboxylic acids is 1.